The van der Waals surface area contributed by atoms with Crippen LogP contribution in [-0.2, 0) is 17.8 Å². The van der Waals surface area contributed by atoms with Crippen LogP contribution in [0, 0.1) is 0 Å². The molecule has 0 saturated carbocycles. The molecule has 5 nitrogen and oxygen atoms in total. The molecule has 24 heavy (non-hydrogen) atoms. The highest BCUT2D eigenvalue weighted by atomic mass is 32.1. The first-order chi connectivity index (χ1) is 11.6. The number of aromatic nitrogens is 2. The molecule has 1 aromatic carbocycles. The van der Waals surface area contributed by atoms with Crippen LogP contribution >= 0.6 is 11.3 Å². The minimum atomic E-state index is -0.858. The standard InChI is InChI=1S/C18H16N2O3S/c1-2-20-15(10-6-4-3-5-7-10)19-16-14(17(20)21)13-11(18(22)23)8-9-12(13)24-16/h3-7,11H,2,8-9H2,1H3,(H,22,23). The maximum atomic E-state index is 13.1. The number of carbonyl (C=O) groups is 1. The highest BCUT2D eigenvalue weighted by Crippen LogP contribution is 2.42. The van der Waals surface area contributed by atoms with Crippen molar-refractivity contribution < 1.29 is 9.90 Å². The number of hydrogen-bond acceptors (Lipinski definition) is 4. The summed E-state index contributed by atoms with van der Waals surface area (Å²) in [5.41, 5.74) is 1.45. The zero-order valence-electron chi connectivity index (χ0n) is 13.2. The average molecular weight is 340 g/mol. The van der Waals surface area contributed by atoms with Crippen molar-refractivity contribution in [2.45, 2.75) is 32.2 Å². The third kappa shape index (κ3) is 2.10. The minimum absolute atomic E-state index is 0.132. The van der Waals surface area contributed by atoms with Gasteiger partial charge in [-0.25, -0.2) is 4.98 Å². The van der Waals surface area contributed by atoms with Gasteiger partial charge in [-0.05, 0) is 25.3 Å². The predicted octanol–water partition coefficient (Wildman–Crippen LogP) is 3.26. The van der Waals surface area contributed by atoms with Gasteiger partial charge in [0.1, 0.15) is 10.7 Å². The zero-order chi connectivity index (χ0) is 16.8. The van der Waals surface area contributed by atoms with E-state index in [4.69, 9.17) is 4.98 Å². The lowest BCUT2D eigenvalue weighted by atomic mass is 10.0. The van der Waals surface area contributed by atoms with Gasteiger partial charge in [-0.3, -0.25) is 14.2 Å². The van der Waals surface area contributed by atoms with Crippen LogP contribution in [-0.4, -0.2) is 20.6 Å². The smallest absolute Gasteiger partial charge is 0.311 e. The molecule has 0 bridgehead atoms. The van der Waals surface area contributed by atoms with Gasteiger partial charge in [-0.15, -0.1) is 11.3 Å². The maximum absolute atomic E-state index is 13.1. The Kier molecular flexibility index (Phi) is 3.49. The van der Waals surface area contributed by atoms with Crippen LogP contribution in [0.25, 0.3) is 21.6 Å². The highest BCUT2D eigenvalue weighted by Gasteiger charge is 2.34. The molecule has 3 aromatic rings. The third-order valence-corrected chi connectivity index (χ3v) is 5.74. The van der Waals surface area contributed by atoms with E-state index in [1.54, 1.807) is 4.57 Å². The molecule has 0 radical (unpaired) electrons. The van der Waals surface area contributed by atoms with Crippen LogP contribution in [0.3, 0.4) is 0 Å². The molecule has 1 aliphatic carbocycles. The van der Waals surface area contributed by atoms with Crippen molar-refractivity contribution in [2.75, 3.05) is 0 Å². The van der Waals surface area contributed by atoms with Gasteiger partial charge < -0.3 is 5.11 Å². The number of aliphatic carboxylic acids is 1. The van der Waals surface area contributed by atoms with Gasteiger partial charge in [0.05, 0.1) is 11.3 Å². The summed E-state index contributed by atoms with van der Waals surface area (Å²) in [6.07, 6.45) is 1.28. The number of nitrogens with zero attached hydrogens (tertiary/aromatic N) is 2. The van der Waals surface area contributed by atoms with E-state index in [1.807, 2.05) is 37.3 Å². The molecule has 122 valence electrons. The molecule has 2 heterocycles. The van der Waals surface area contributed by atoms with Crippen molar-refractivity contribution in [3.63, 3.8) is 0 Å². The van der Waals surface area contributed by atoms with Crippen LogP contribution in [0.1, 0.15) is 29.7 Å². The number of hydrogen-bond donors (Lipinski definition) is 1. The second-order valence-corrected chi connectivity index (χ2v) is 6.98. The predicted molar refractivity (Wildman–Crippen MR) is 93.7 cm³/mol. The summed E-state index contributed by atoms with van der Waals surface area (Å²) in [6, 6.07) is 9.62. The first kappa shape index (κ1) is 15.1. The Hall–Kier alpha value is -2.47. The number of carboxylic acids is 1. The molecule has 1 N–H and O–H groups in total. The molecule has 0 fully saturated rings. The summed E-state index contributed by atoms with van der Waals surface area (Å²) in [4.78, 5) is 31.0. The Morgan fingerprint density at radius 2 is 2.12 bits per heavy atom. The van der Waals surface area contributed by atoms with E-state index < -0.39 is 11.9 Å². The molecule has 0 amide bonds. The van der Waals surface area contributed by atoms with Crippen LogP contribution in [0.5, 0.6) is 0 Å². The number of fused-ring (bicyclic) bond motifs is 3. The lowest BCUT2D eigenvalue weighted by Crippen LogP contribution is -2.23. The van der Waals surface area contributed by atoms with Crippen LogP contribution in [0.4, 0.5) is 0 Å². The molecule has 0 spiro atoms. The fourth-order valence-corrected chi connectivity index (χ4v) is 4.71. The van der Waals surface area contributed by atoms with E-state index in [-0.39, 0.29) is 5.56 Å². The Morgan fingerprint density at radius 1 is 1.38 bits per heavy atom. The van der Waals surface area contributed by atoms with E-state index >= 15 is 0 Å². The Balaban J connectivity index is 2.04. The average Bonchev–Trinajstić information content (AvgIpc) is 3.13. The first-order valence-electron chi connectivity index (χ1n) is 7.96. The van der Waals surface area contributed by atoms with Crippen LogP contribution in [0.15, 0.2) is 35.1 Å². The van der Waals surface area contributed by atoms with Gasteiger partial charge in [-0.2, -0.15) is 0 Å². The number of benzene rings is 1. The lowest BCUT2D eigenvalue weighted by Gasteiger charge is -2.11. The molecular weight excluding hydrogens is 324 g/mol. The van der Waals surface area contributed by atoms with E-state index in [0.29, 0.717) is 41.0 Å². The first-order valence-corrected chi connectivity index (χ1v) is 8.77. The summed E-state index contributed by atoms with van der Waals surface area (Å²) < 4.78 is 1.64. The molecule has 0 aliphatic heterocycles. The number of carboxylic acid groups (broad SMARTS) is 1. The largest absolute Gasteiger partial charge is 0.481 e. The maximum Gasteiger partial charge on any atom is 0.311 e. The van der Waals surface area contributed by atoms with E-state index in [0.717, 1.165) is 10.4 Å². The van der Waals surface area contributed by atoms with Gasteiger partial charge in [0.15, 0.2) is 0 Å². The monoisotopic (exact) mass is 340 g/mol. The van der Waals surface area contributed by atoms with E-state index in [2.05, 4.69) is 0 Å². The van der Waals surface area contributed by atoms with Crippen molar-refractivity contribution in [3.8, 4) is 11.4 Å². The van der Waals surface area contributed by atoms with Crippen molar-refractivity contribution in [3.05, 3.63) is 51.1 Å². The topological polar surface area (TPSA) is 72.2 Å². The van der Waals surface area contributed by atoms with Crippen LogP contribution in [0.2, 0.25) is 0 Å². The Labute approximate surface area is 142 Å². The second-order valence-electron chi connectivity index (χ2n) is 5.90. The number of rotatable bonds is 3. The van der Waals surface area contributed by atoms with E-state index in [9.17, 15) is 14.7 Å². The van der Waals surface area contributed by atoms with Gasteiger partial charge in [-0.1, -0.05) is 30.3 Å². The molecule has 1 atom stereocenters. The van der Waals surface area contributed by atoms with Crippen molar-refractivity contribution >= 4 is 27.5 Å². The second kappa shape index (κ2) is 5.56. The molecule has 6 heteroatoms. The van der Waals surface area contributed by atoms with Gasteiger partial charge in [0, 0.05) is 17.0 Å². The van der Waals surface area contributed by atoms with Gasteiger partial charge >= 0.3 is 5.97 Å². The van der Waals surface area contributed by atoms with Crippen molar-refractivity contribution in [1.29, 1.82) is 0 Å². The molecule has 4 rings (SSSR count). The highest BCUT2D eigenvalue weighted by molar-refractivity contribution is 7.18. The van der Waals surface area contributed by atoms with E-state index in [1.165, 1.54) is 11.3 Å². The summed E-state index contributed by atoms with van der Waals surface area (Å²) in [7, 11) is 0. The Morgan fingerprint density at radius 3 is 2.79 bits per heavy atom. The van der Waals surface area contributed by atoms with Gasteiger partial charge in [0.25, 0.3) is 5.56 Å². The molecule has 1 aliphatic rings. The Bertz CT molecular complexity index is 1000. The fraction of sp³-hybridized carbons (Fsp3) is 0.278. The summed E-state index contributed by atoms with van der Waals surface area (Å²) >= 11 is 1.46. The van der Waals surface area contributed by atoms with Crippen molar-refractivity contribution in [2.24, 2.45) is 0 Å². The fourth-order valence-electron chi connectivity index (χ4n) is 3.47. The minimum Gasteiger partial charge on any atom is -0.481 e. The molecule has 1 unspecified atom stereocenters. The molecular formula is C18H16N2O3S. The van der Waals surface area contributed by atoms with Crippen LogP contribution < -0.4 is 5.56 Å². The number of aryl methyl sites for hydroxylation is 1. The normalized spacial score (nSPS) is 16.5. The quantitative estimate of drug-likeness (QED) is 0.794. The molecule has 0 saturated heterocycles. The SMILES string of the molecule is CCn1c(-c2ccccc2)nc2sc3c(c2c1=O)C(C(=O)O)CC3. The molecule has 2 aromatic heterocycles. The lowest BCUT2D eigenvalue weighted by molar-refractivity contribution is -0.138. The summed E-state index contributed by atoms with van der Waals surface area (Å²) in [5.74, 6) is -0.804. The van der Waals surface area contributed by atoms with Gasteiger partial charge in [0.2, 0.25) is 0 Å². The van der Waals surface area contributed by atoms with Crippen molar-refractivity contribution in [1.82, 2.24) is 9.55 Å². The third-order valence-electron chi connectivity index (χ3n) is 4.58. The zero-order valence-corrected chi connectivity index (χ0v) is 14.0. The summed E-state index contributed by atoms with van der Waals surface area (Å²) in [5, 5.41) is 9.96. The number of thiophene rings is 1. The summed E-state index contributed by atoms with van der Waals surface area (Å²) in [6.45, 7) is 2.40.